The van der Waals surface area contributed by atoms with Crippen molar-refractivity contribution < 1.29 is 4.74 Å². The van der Waals surface area contributed by atoms with Gasteiger partial charge in [-0.3, -0.25) is 0 Å². The van der Waals surface area contributed by atoms with Crippen LogP contribution in [0, 0.1) is 0 Å². The number of anilines is 1. The van der Waals surface area contributed by atoms with Crippen LogP contribution in [0.2, 0.25) is 0 Å². The standard InChI is InChI=1S/C18H31NO/c1-3-5-6-7-8-9-10-11-14-20-18-13-12-16(4-2)15-17(18)19/h12-13,15H,3-11,14,19H2,1-2H3. The number of ether oxygens (including phenoxy) is 1. The molecule has 20 heavy (non-hydrogen) atoms. The first-order chi connectivity index (χ1) is 9.77. The maximum atomic E-state index is 5.98. The highest BCUT2D eigenvalue weighted by molar-refractivity contribution is 5.54. The fourth-order valence-electron chi connectivity index (χ4n) is 2.37. The molecule has 0 saturated carbocycles. The van der Waals surface area contributed by atoms with Crippen LogP contribution in [0.5, 0.6) is 5.75 Å². The van der Waals surface area contributed by atoms with Gasteiger partial charge in [-0.05, 0) is 30.5 Å². The number of hydrogen-bond donors (Lipinski definition) is 1. The summed E-state index contributed by atoms with van der Waals surface area (Å²) in [4.78, 5) is 0. The lowest BCUT2D eigenvalue weighted by molar-refractivity contribution is 0.306. The Morgan fingerprint density at radius 1 is 0.900 bits per heavy atom. The predicted octanol–water partition coefficient (Wildman–Crippen LogP) is 5.35. The van der Waals surface area contributed by atoms with Gasteiger partial charge in [-0.15, -0.1) is 0 Å². The minimum atomic E-state index is 0.768. The normalized spacial score (nSPS) is 10.7. The molecule has 0 aliphatic heterocycles. The van der Waals surface area contributed by atoms with Gasteiger partial charge in [-0.1, -0.05) is 64.9 Å². The quantitative estimate of drug-likeness (QED) is 0.437. The zero-order valence-corrected chi connectivity index (χ0v) is 13.3. The van der Waals surface area contributed by atoms with E-state index in [1.54, 1.807) is 0 Å². The van der Waals surface area contributed by atoms with E-state index in [9.17, 15) is 0 Å². The Morgan fingerprint density at radius 3 is 2.15 bits per heavy atom. The minimum Gasteiger partial charge on any atom is -0.491 e. The molecule has 1 rings (SSSR count). The second-order valence-electron chi connectivity index (χ2n) is 5.55. The fourth-order valence-corrected chi connectivity index (χ4v) is 2.37. The van der Waals surface area contributed by atoms with Gasteiger partial charge in [0.05, 0.1) is 12.3 Å². The van der Waals surface area contributed by atoms with Crippen molar-refractivity contribution in [2.45, 2.75) is 71.6 Å². The third kappa shape index (κ3) is 6.83. The van der Waals surface area contributed by atoms with E-state index >= 15 is 0 Å². The summed E-state index contributed by atoms with van der Waals surface area (Å²) in [6.45, 7) is 5.18. The molecule has 2 nitrogen and oxygen atoms in total. The minimum absolute atomic E-state index is 0.768. The van der Waals surface area contributed by atoms with Crippen LogP contribution in [0.3, 0.4) is 0 Å². The van der Waals surface area contributed by atoms with E-state index in [-0.39, 0.29) is 0 Å². The van der Waals surface area contributed by atoms with Crippen molar-refractivity contribution in [3.8, 4) is 5.75 Å². The molecule has 0 aliphatic carbocycles. The van der Waals surface area contributed by atoms with E-state index < -0.39 is 0 Å². The second-order valence-corrected chi connectivity index (χ2v) is 5.55. The predicted molar refractivity (Wildman–Crippen MR) is 88.3 cm³/mol. The molecule has 114 valence electrons. The molecule has 1 aromatic carbocycles. The molecular weight excluding hydrogens is 246 g/mol. The van der Waals surface area contributed by atoms with E-state index in [0.29, 0.717) is 0 Å². The van der Waals surface area contributed by atoms with Gasteiger partial charge in [0.1, 0.15) is 5.75 Å². The molecule has 0 fully saturated rings. The first-order valence-corrected chi connectivity index (χ1v) is 8.29. The third-order valence-electron chi connectivity index (χ3n) is 3.74. The van der Waals surface area contributed by atoms with E-state index in [4.69, 9.17) is 10.5 Å². The van der Waals surface area contributed by atoms with E-state index in [0.717, 1.165) is 30.9 Å². The number of unbranched alkanes of at least 4 members (excludes halogenated alkanes) is 7. The fraction of sp³-hybridized carbons (Fsp3) is 0.667. The van der Waals surface area contributed by atoms with Crippen LogP contribution in [0.1, 0.15) is 70.8 Å². The van der Waals surface area contributed by atoms with Gasteiger partial charge in [-0.25, -0.2) is 0 Å². The van der Waals surface area contributed by atoms with E-state index in [1.807, 2.05) is 12.1 Å². The Morgan fingerprint density at radius 2 is 1.55 bits per heavy atom. The van der Waals surface area contributed by atoms with Gasteiger partial charge in [0.25, 0.3) is 0 Å². The van der Waals surface area contributed by atoms with Crippen LogP contribution in [0.15, 0.2) is 18.2 Å². The molecule has 1 aromatic rings. The summed E-state index contributed by atoms with van der Waals surface area (Å²) in [5.74, 6) is 0.838. The molecule has 0 bridgehead atoms. The monoisotopic (exact) mass is 277 g/mol. The van der Waals surface area contributed by atoms with Gasteiger partial charge in [0, 0.05) is 0 Å². The highest BCUT2D eigenvalue weighted by Gasteiger charge is 2.01. The van der Waals surface area contributed by atoms with Crippen LogP contribution < -0.4 is 10.5 Å². The first kappa shape index (κ1) is 16.9. The second kappa shape index (κ2) is 10.6. The van der Waals surface area contributed by atoms with Crippen molar-refractivity contribution >= 4 is 5.69 Å². The molecule has 0 unspecified atom stereocenters. The van der Waals surface area contributed by atoms with Gasteiger partial charge in [0.2, 0.25) is 0 Å². The van der Waals surface area contributed by atoms with Crippen LogP contribution in [0.25, 0.3) is 0 Å². The molecule has 0 saturated heterocycles. The molecule has 0 aromatic heterocycles. The number of nitrogen functional groups attached to an aromatic ring is 1. The SMILES string of the molecule is CCCCCCCCCCOc1ccc(CC)cc1N. The topological polar surface area (TPSA) is 35.2 Å². The van der Waals surface area contributed by atoms with Crippen molar-refractivity contribution in [1.82, 2.24) is 0 Å². The molecule has 0 spiro atoms. The highest BCUT2D eigenvalue weighted by atomic mass is 16.5. The summed E-state index contributed by atoms with van der Waals surface area (Å²) in [7, 11) is 0. The average Bonchev–Trinajstić information content (AvgIpc) is 2.47. The lowest BCUT2D eigenvalue weighted by Crippen LogP contribution is -2.01. The molecule has 0 amide bonds. The molecule has 0 radical (unpaired) electrons. The maximum absolute atomic E-state index is 5.98. The number of benzene rings is 1. The zero-order valence-electron chi connectivity index (χ0n) is 13.3. The van der Waals surface area contributed by atoms with Crippen LogP contribution >= 0.6 is 0 Å². The van der Waals surface area contributed by atoms with Crippen molar-refractivity contribution in [3.05, 3.63) is 23.8 Å². The van der Waals surface area contributed by atoms with Crippen LogP contribution in [-0.4, -0.2) is 6.61 Å². The Kier molecular flexibility index (Phi) is 8.93. The summed E-state index contributed by atoms with van der Waals surface area (Å²) in [6.07, 6.45) is 11.6. The Labute approximate surface area is 124 Å². The van der Waals surface area contributed by atoms with Crippen LogP contribution in [0.4, 0.5) is 5.69 Å². The Balaban J connectivity index is 2.06. The summed E-state index contributed by atoms with van der Waals surface area (Å²) in [5, 5.41) is 0. The van der Waals surface area contributed by atoms with Crippen molar-refractivity contribution in [2.75, 3.05) is 12.3 Å². The summed E-state index contributed by atoms with van der Waals surface area (Å²) in [6, 6.07) is 6.11. The largest absolute Gasteiger partial charge is 0.491 e. The molecule has 2 heteroatoms. The van der Waals surface area contributed by atoms with E-state index in [1.165, 1.54) is 50.5 Å². The Hall–Kier alpha value is -1.18. The maximum Gasteiger partial charge on any atom is 0.142 e. The van der Waals surface area contributed by atoms with Gasteiger partial charge in [0.15, 0.2) is 0 Å². The van der Waals surface area contributed by atoms with Gasteiger partial charge in [-0.2, -0.15) is 0 Å². The smallest absolute Gasteiger partial charge is 0.142 e. The molecular formula is C18H31NO. The molecule has 0 heterocycles. The third-order valence-corrected chi connectivity index (χ3v) is 3.74. The summed E-state index contributed by atoms with van der Waals surface area (Å²) < 4.78 is 5.76. The number of rotatable bonds is 11. The van der Waals surface area contributed by atoms with Gasteiger partial charge < -0.3 is 10.5 Å². The zero-order chi connectivity index (χ0) is 14.6. The highest BCUT2D eigenvalue weighted by Crippen LogP contribution is 2.23. The number of hydrogen-bond acceptors (Lipinski definition) is 2. The number of aryl methyl sites for hydroxylation is 1. The lowest BCUT2D eigenvalue weighted by Gasteiger charge is -2.10. The molecule has 0 aliphatic rings. The van der Waals surface area contributed by atoms with Crippen molar-refractivity contribution in [2.24, 2.45) is 0 Å². The van der Waals surface area contributed by atoms with Crippen molar-refractivity contribution in [1.29, 1.82) is 0 Å². The average molecular weight is 277 g/mol. The number of nitrogens with two attached hydrogens (primary N) is 1. The van der Waals surface area contributed by atoms with Gasteiger partial charge >= 0.3 is 0 Å². The lowest BCUT2D eigenvalue weighted by atomic mass is 10.1. The summed E-state index contributed by atoms with van der Waals surface area (Å²) >= 11 is 0. The Bertz CT molecular complexity index is 362. The first-order valence-electron chi connectivity index (χ1n) is 8.29. The van der Waals surface area contributed by atoms with E-state index in [2.05, 4.69) is 19.9 Å². The molecule has 2 N–H and O–H groups in total. The summed E-state index contributed by atoms with van der Waals surface area (Å²) in [5.41, 5.74) is 8.01. The molecule has 0 atom stereocenters. The van der Waals surface area contributed by atoms with Crippen LogP contribution in [-0.2, 0) is 6.42 Å². The van der Waals surface area contributed by atoms with Crippen molar-refractivity contribution in [3.63, 3.8) is 0 Å².